The highest BCUT2D eigenvalue weighted by Gasteiger charge is 2.39. The Morgan fingerprint density at radius 3 is 2.56 bits per heavy atom. The van der Waals surface area contributed by atoms with Crippen molar-refractivity contribution in [3.05, 3.63) is 75.3 Å². The van der Waals surface area contributed by atoms with Crippen molar-refractivity contribution in [1.82, 2.24) is 14.5 Å². The van der Waals surface area contributed by atoms with Crippen LogP contribution < -0.4 is 10.9 Å². The van der Waals surface area contributed by atoms with Crippen LogP contribution in [0.2, 0.25) is 23.2 Å². The molecule has 1 aliphatic rings. The molecule has 0 bridgehead atoms. The number of ether oxygens (including phenoxy) is 1. The van der Waals surface area contributed by atoms with Gasteiger partial charge in [-0.25, -0.2) is 18.7 Å². The summed E-state index contributed by atoms with van der Waals surface area (Å²) in [5, 5.41) is 3.12. The van der Waals surface area contributed by atoms with Gasteiger partial charge in [0.05, 0.1) is 23.4 Å². The molecule has 39 heavy (non-hydrogen) atoms. The zero-order valence-electron chi connectivity index (χ0n) is 22.9. The summed E-state index contributed by atoms with van der Waals surface area (Å²) < 4.78 is 43.0. The molecular weight excluding hydrogens is 542 g/mol. The average Bonchev–Trinajstić information content (AvgIpc) is 2.87. The summed E-state index contributed by atoms with van der Waals surface area (Å²) in [7, 11) is -2.35. The first-order chi connectivity index (χ1) is 18.3. The van der Waals surface area contributed by atoms with Crippen molar-refractivity contribution in [2.24, 2.45) is 0 Å². The third-order valence-electron chi connectivity index (χ3n) is 7.48. The molecule has 4 rings (SSSR count). The molecule has 210 valence electrons. The molecule has 3 heterocycles. The van der Waals surface area contributed by atoms with Crippen molar-refractivity contribution in [3.63, 3.8) is 0 Å². The van der Waals surface area contributed by atoms with Gasteiger partial charge in [-0.1, -0.05) is 38.4 Å². The lowest BCUT2D eigenvalue weighted by Gasteiger charge is -2.39. The molecule has 1 fully saturated rings. The van der Waals surface area contributed by atoms with Crippen LogP contribution in [0.3, 0.4) is 0 Å². The third kappa shape index (κ3) is 7.11. The highest BCUT2D eigenvalue weighted by atomic mass is 35.5. The molecule has 0 radical (unpaired) electrons. The maximum absolute atomic E-state index is 15.4. The van der Waals surface area contributed by atoms with Crippen LogP contribution in [-0.4, -0.2) is 42.1 Å². The fourth-order valence-corrected chi connectivity index (χ4v) is 5.51. The van der Waals surface area contributed by atoms with Gasteiger partial charge >= 0.3 is 0 Å². The summed E-state index contributed by atoms with van der Waals surface area (Å²) in [5.74, 6) is -0.824. The Morgan fingerprint density at radius 1 is 1.18 bits per heavy atom. The number of hydrogen-bond acceptors (Lipinski definition) is 6. The zero-order valence-corrected chi connectivity index (χ0v) is 24.7. The fourth-order valence-electron chi connectivity index (χ4n) is 4.12. The van der Waals surface area contributed by atoms with Gasteiger partial charge in [-0.15, -0.1) is 0 Å². The molecule has 11 heteroatoms. The molecule has 1 aromatic carbocycles. The SMILES string of the molecule is CC(C)(C)[Si](C)(C)O[C@H](Cn1cc(F)c(-c2ccnc(NC3CCOCC3)n2)cc1=O)c1ccc(Cl)c(F)c1. The van der Waals surface area contributed by atoms with E-state index in [-0.39, 0.29) is 28.2 Å². The largest absolute Gasteiger partial charge is 0.408 e. The van der Waals surface area contributed by atoms with Crippen LogP contribution in [0.4, 0.5) is 14.7 Å². The van der Waals surface area contributed by atoms with Crippen molar-refractivity contribution in [2.75, 3.05) is 18.5 Å². The van der Waals surface area contributed by atoms with Crippen LogP contribution in [0.1, 0.15) is 45.3 Å². The second-order valence-corrected chi connectivity index (χ2v) is 16.5. The number of nitrogens with zero attached hydrogens (tertiary/aromatic N) is 3. The minimum Gasteiger partial charge on any atom is -0.408 e. The number of hydrogen-bond donors (Lipinski definition) is 1. The van der Waals surface area contributed by atoms with Gasteiger partial charge < -0.3 is 19.0 Å². The maximum atomic E-state index is 15.4. The number of anilines is 1. The van der Waals surface area contributed by atoms with E-state index in [4.69, 9.17) is 20.8 Å². The molecule has 0 saturated carbocycles. The highest BCUT2D eigenvalue weighted by Crippen LogP contribution is 2.40. The summed E-state index contributed by atoms with van der Waals surface area (Å²) in [4.78, 5) is 21.9. The van der Waals surface area contributed by atoms with E-state index >= 15 is 4.39 Å². The molecule has 0 aliphatic carbocycles. The van der Waals surface area contributed by atoms with Gasteiger partial charge in [0.25, 0.3) is 5.56 Å². The smallest absolute Gasteiger partial charge is 0.251 e. The van der Waals surface area contributed by atoms with Gasteiger partial charge in [0.15, 0.2) is 8.32 Å². The molecule has 3 aromatic rings. The monoisotopic (exact) mass is 576 g/mol. The molecule has 2 aromatic heterocycles. The van der Waals surface area contributed by atoms with Crippen molar-refractivity contribution in [1.29, 1.82) is 0 Å². The predicted molar refractivity (Wildman–Crippen MR) is 152 cm³/mol. The molecule has 0 amide bonds. The van der Waals surface area contributed by atoms with E-state index in [0.717, 1.165) is 19.0 Å². The van der Waals surface area contributed by atoms with Crippen molar-refractivity contribution in [2.45, 2.75) is 70.4 Å². The quantitative estimate of drug-likeness (QED) is 0.305. The second kappa shape index (κ2) is 11.8. The van der Waals surface area contributed by atoms with Gasteiger partial charge in [-0.05, 0) is 54.7 Å². The summed E-state index contributed by atoms with van der Waals surface area (Å²) in [6, 6.07) is 7.40. The molecule has 0 unspecified atom stereocenters. The van der Waals surface area contributed by atoms with Crippen LogP contribution >= 0.6 is 11.6 Å². The fraction of sp³-hybridized carbons (Fsp3) is 0.464. The normalized spacial score (nSPS) is 15.8. The third-order valence-corrected chi connectivity index (χ3v) is 12.3. The summed E-state index contributed by atoms with van der Waals surface area (Å²) in [6.07, 6.45) is 3.66. The van der Waals surface area contributed by atoms with E-state index < -0.39 is 31.6 Å². The Bertz CT molecular complexity index is 1370. The number of rotatable bonds is 8. The molecule has 7 nitrogen and oxygen atoms in total. The predicted octanol–water partition coefficient (Wildman–Crippen LogP) is 6.59. The molecule has 1 aliphatic heterocycles. The Hall–Kier alpha value is -2.66. The topological polar surface area (TPSA) is 78.3 Å². The van der Waals surface area contributed by atoms with Crippen molar-refractivity contribution in [3.8, 4) is 11.3 Å². The Morgan fingerprint density at radius 2 is 1.90 bits per heavy atom. The molecule has 0 spiro atoms. The first-order valence-corrected chi connectivity index (χ1v) is 16.3. The van der Waals surface area contributed by atoms with E-state index in [0.29, 0.717) is 30.4 Å². The van der Waals surface area contributed by atoms with Crippen LogP contribution in [0, 0.1) is 11.6 Å². The number of benzene rings is 1. The van der Waals surface area contributed by atoms with Crippen molar-refractivity contribution >= 4 is 25.9 Å². The molecular formula is C28H35ClF2N4O3Si. The van der Waals surface area contributed by atoms with Gasteiger partial charge in [0, 0.05) is 43.3 Å². The lowest BCUT2D eigenvalue weighted by atomic mass is 10.1. The summed E-state index contributed by atoms with van der Waals surface area (Å²) >= 11 is 5.91. The Kier molecular flexibility index (Phi) is 8.90. The molecule has 1 saturated heterocycles. The van der Waals surface area contributed by atoms with E-state index in [1.165, 1.54) is 29.0 Å². The number of aromatic nitrogens is 3. The van der Waals surface area contributed by atoms with Gasteiger partial charge in [-0.2, -0.15) is 0 Å². The minimum absolute atomic E-state index is 0.00391. The summed E-state index contributed by atoms with van der Waals surface area (Å²) in [5.41, 5.74) is 0.475. The highest BCUT2D eigenvalue weighted by molar-refractivity contribution is 6.74. The number of nitrogens with one attached hydrogen (secondary N) is 1. The van der Waals surface area contributed by atoms with E-state index in [1.807, 2.05) is 0 Å². The maximum Gasteiger partial charge on any atom is 0.251 e. The van der Waals surface area contributed by atoms with Gasteiger partial charge in [-0.3, -0.25) is 4.79 Å². The first kappa shape index (κ1) is 29.3. The van der Waals surface area contributed by atoms with E-state index in [2.05, 4.69) is 49.1 Å². The number of pyridine rings is 1. The van der Waals surface area contributed by atoms with Crippen LogP contribution in [0.15, 0.2) is 47.5 Å². The van der Waals surface area contributed by atoms with Crippen LogP contribution in [-0.2, 0) is 15.7 Å². The van der Waals surface area contributed by atoms with Gasteiger partial charge in [0.2, 0.25) is 5.95 Å². The number of halogens is 3. The Labute approximate surface area is 233 Å². The average molecular weight is 577 g/mol. The van der Waals surface area contributed by atoms with E-state index in [1.54, 1.807) is 12.1 Å². The molecule has 1 N–H and O–H groups in total. The Balaban J connectivity index is 1.63. The second-order valence-electron chi connectivity index (χ2n) is 11.4. The zero-order chi connectivity index (χ0) is 28.4. The molecule has 1 atom stereocenters. The van der Waals surface area contributed by atoms with Crippen LogP contribution in [0.5, 0.6) is 0 Å². The lowest BCUT2D eigenvalue weighted by Crippen LogP contribution is -2.43. The van der Waals surface area contributed by atoms with Crippen LogP contribution in [0.25, 0.3) is 11.3 Å². The van der Waals surface area contributed by atoms with E-state index in [9.17, 15) is 9.18 Å². The lowest BCUT2D eigenvalue weighted by molar-refractivity contribution is 0.0903. The standard InChI is InChI=1S/C28H35ClF2N4O3Si/c1-28(2,3)39(4,5)38-25(18-6-7-21(29)22(30)14-18)17-35-16-23(31)20(15-26(35)36)24-8-11-32-27(34-24)33-19-9-12-37-13-10-19/h6-8,11,14-16,19,25H,9-10,12-13,17H2,1-5H3,(H,32,33,34)/t25-/m1/s1. The van der Waals surface area contributed by atoms with Gasteiger partial charge in [0.1, 0.15) is 11.6 Å². The van der Waals surface area contributed by atoms with Crippen molar-refractivity contribution < 1.29 is 17.9 Å². The first-order valence-electron chi connectivity index (χ1n) is 13.0. The summed E-state index contributed by atoms with van der Waals surface area (Å²) in [6.45, 7) is 11.7. The minimum atomic E-state index is -2.35.